The van der Waals surface area contributed by atoms with Crippen molar-refractivity contribution in [3.63, 3.8) is 0 Å². The van der Waals surface area contributed by atoms with E-state index in [-0.39, 0.29) is 15.5 Å². The van der Waals surface area contributed by atoms with Crippen molar-refractivity contribution in [2.45, 2.75) is 43.9 Å². The molecule has 0 aliphatic heterocycles. The van der Waals surface area contributed by atoms with Gasteiger partial charge in [-0.1, -0.05) is 31.4 Å². The van der Waals surface area contributed by atoms with Crippen molar-refractivity contribution >= 4 is 21.6 Å². The highest BCUT2D eigenvalue weighted by atomic mass is 35.5. The molecule has 19 heavy (non-hydrogen) atoms. The Bertz CT molecular complexity index is 539. The van der Waals surface area contributed by atoms with Gasteiger partial charge in [0, 0.05) is 12.7 Å². The van der Waals surface area contributed by atoms with Gasteiger partial charge in [-0.15, -0.1) is 0 Å². The van der Waals surface area contributed by atoms with Crippen molar-refractivity contribution in [1.29, 1.82) is 0 Å². The zero-order chi connectivity index (χ0) is 13.9. The highest BCUT2D eigenvalue weighted by Gasteiger charge is 2.33. The Morgan fingerprint density at radius 3 is 2.68 bits per heavy atom. The third-order valence-corrected chi connectivity index (χ3v) is 5.67. The molecule has 2 rings (SSSR count). The van der Waals surface area contributed by atoms with Crippen LogP contribution in [0.25, 0.3) is 0 Å². The Morgan fingerprint density at radius 1 is 1.42 bits per heavy atom. The smallest absolute Gasteiger partial charge is 0.240 e. The molecule has 6 heteroatoms. The van der Waals surface area contributed by atoms with Crippen LogP contribution in [0.2, 0.25) is 5.15 Å². The van der Waals surface area contributed by atoms with Gasteiger partial charge >= 0.3 is 0 Å². The van der Waals surface area contributed by atoms with E-state index in [2.05, 4.69) is 16.6 Å². The van der Waals surface area contributed by atoms with E-state index in [9.17, 15) is 8.42 Å². The molecule has 0 saturated heterocycles. The van der Waals surface area contributed by atoms with E-state index in [1.54, 1.807) is 0 Å². The van der Waals surface area contributed by atoms with Crippen LogP contribution in [0.1, 0.15) is 39.0 Å². The fraction of sp³-hybridized carbons (Fsp3) is 0.615. The van der Waals surface area contributed by atoms with Crippen molar-refractivity contribution in [3.8, 4) is 0 Å². The second-order valence-corrected chi connectivity index (χ2v) is 7.35. The summed E-state index contributed by atoms with van der Waals surface area (Å²) in [6.07, 6.45) is 6.99. The van der Waals surface area contributed by atoms with E-state index in [0.29, 0.717) is 6.54 Å². The summed E-state index contributed by atoms with van der Waals surface area (Å²) in [6, 6.07) is 2.83. The normalized spacial score (nSPS) is 18.6. The largest absolute Gasteiger partial charge is 0.244 e. The van der Waals surface area contributed by atoms with Crippen LogP contribution < -0.4 is 4.72 Å². The predicted octanol–water partition coefficient (Wildman–Crippen LogP) is 2.98. The monoisotopic (exact) mass is 302 g/mol. The van der Waals surface area contributed by atoms with E-state index >= 15 is 0 Å². The Balaban J connectivity index is 2.09. The Hall–Kier alpha value is -0.650. The van der Waals surface area contributed by atoms with Crippen LogP contribution in [0.15, 0.2) is 23.2 Å². The Labute approximate surface area is 119 Å². The van der Waals surface area contributed by atoms with Crippen molar-refractivity contribution in [2.75, 3.05) is 6.54 Å². The van der Waals surface area contributed by atoms with Crippen LogP contribution in [-0.2, 0) is 10.0 Å². The zero-order valence-corrected chi connectivity index (χ0v) is 12.6. The van der Waals surface area contributed by atoms with Gasteiger partial charge in [0.1, 0.15) is 5.15 Å². The third kappa shape index (κ3) is 3.46. The van der Waals surface area contributed by atoms with Gasteiger partial charge in [0.05, 0.1) is 4.90 Å². The van der Waals surface area contributed by atoms with Crippen molar-refractivity contribution in [2.24, 2.45) is 5.41 Å². The van der Waals surface area contributed by atoms with Gasteiger partial charge in [-0.2, -0.15) is 0 Å². The molecule has 1 saturated carbocycles. The number of halogens is 1. The zero-order valence-electron chi connectivity index (χ0n) is 11.0. The molecule has 1 aliphatic carbocycles. The molecular formula is C13H19ClN2O2S. The minimum atomic E-state index is -3.49. The molecule has 0 radical (unpaired) electrons. The molecule has 0 spiro atoms. The number of pyridine rings is 1. The third-order valence-electron chi connectivity index (χ3n) is 4.06. The second kappa shape index (κ2) is 5.77. The predicted molar refractivity (Wildman–Crippen MR) is 75.6 cm³/mol. The van der Waals surface area contributed by atoms with Crippen LogP contribution in [0.4, 0.5) is 0 Å². The minimum absolute atomic E-state index is 0.129. The molecule has 0 bridgehead atoms. The van der Waals surface area contributed by atoms with Crippen LogP contribution in [0.3, 0.4) is 0 Å². The fourth-order valence-electron chi connectivity index (χ4n) is 2.66. The highest BCUT2D eigenvalue weighted by Crippen LogP contribution is 2.40. The molecule has 4 nitrogen and oxygen atoms in total. The number of nitrogens with one attached hydrogen (secondary N) is 1. The quantitative estimate of drug-likeness (QED) is 0.851. The lowest BCUT2D eigenvalue weighted by Gasteiger charge is -2.27. The average molecular weight is 303 g/mol. The first-order valence-electron chi connectivity index (χ1n) is 6.59. The van der Waals surface area contributed by atoms with Crippen molar-refractivity contribution in [1.82, 2.24) is 9.71 Å². The molecule has 0 amide bonds. The maximum Gasteiger partial charge on any atom is 0.240 e. The van der Waals surface area contributed by atoms with Crippen molar-refractivity contribution in [3.05, 3.63) is 23.5 Å². The highest BCUT2D eigenvalue weighted by molar-refractivity contribution is 7.89. The van der Waals surface area contributed by atoms with Gasteiger partial charge < -0.3 is 0 Å². The van der Waals surface area contributed by atoms with Crippen LogP contribution in [-0.4, -0.2) is 19.9 Å². The molecule has 1 aromatic rings. The average Bonchev–Trinajstić information content (AvgIpc) is 2.86. The van der Waals surface area contributed by atoms with Gasteiger partial charge in [0.2, 0.25) is 10.0 Å². The van der Waals surface area contributed by atoms with Gasteiger partial charge in [0.25, 0.3) is 0 Å². The van der Waals surface area contributed by atoms with E-state index in [0.717, 1.165) is 19.3 Å². The first-order valence-corrected chi connectivity index (χ1v) is 8.45. The molecule has 1 fully saturated rings. The summed E-state index contributed by atoms with van der Waals surface area (Å²) in [5, 5.41) is 0.189. The SMILES string of the molecule is CCC1(CNS(=O)(=O)c2ccnc(Cl)c2)CCCC1. The van der Waals surface area contributed by atoms with E-state index in [1.807, 2.05) is 0 Å². The molecule has 0 atom stereocenters. The molecule has 0 unspecified atom stereocenters. The molecular weight excluding hydrogens is 284 g/mol. The van der Waals surface area contributed by atoms with Gasteiger partial charge in [-0.05, 0) is 36.8 Å². The maximum atomic E-state index is 12.2. The van der Waals surface area contributed by atoms with E-state index in [4.69, 9.17) is 11.6 Å². The Morgan fingerprint density at radius 2 is 2.11 bits per heavy atom. The molecule has 0 aromatic carbocycles. The molecule has 1 aliphatic rings. The summed E-state index contributed by atoms with van der Waals surface area (Å²) in [6.45, 7) is 2.63. The first-order chi connectivity index (χ1) is 8.97. The molecule has 1 N–H and O–H groups in total. The van der Waals surface area contributed by atoms with E-state index < -0.39 is 10.0 Å². The summed E-state index contributed by atoms with van der Waals surface area (Å²) in [5.41, 5.74) is 0.129. The number of rotatable bonds is 5. The van der Waals surface area contributed by atoms with Crippen molar-refractivity contribution < 1.29 is 8.42 Å². The van der Waals surface area contributed by atoms with Crippen LogP contribution in [0.5, 0.6) is 0 Å². The van der Waals surface area contributed by atoms with Crippen LogP contribution >= 0.6 is 11.6 Å². The van der Waals surface area contributed by atoms with E-state index in [1.165, 1.54) is 31.2 Å². The lowest BCUT2D eigenvalue weighted by atomic mass is 9.84. The summed E-state index contributed by atoms with van der Waals surface area (Å²) in [5.74, 6) is 0. The number of aromatic nitrogens is 1. The lowest BCUT2D eigenvalue weighted by molar-refractivity contribution is 0.285. The van der Waals surface area contributed by atoms with Crippen LogP contribution in [0, 0.1) is 5.41 Å². The molecule has 1 heterocycles. The summed E-state index contributed by atoms with van der Waals surface area (Å²) in [7, 11) is -3.49. The Kier molecular flexibility index (Phi) is 4.48. The number of hydrogen-bond acceptors (Lipinski definition) is 3. The lowest BCUT2D eigenvalue weighted by Crippen LogP contribution is -2.35. The minimum Gasteiger partial charge on any atom is -0.244 e. The standard InChI is InChI=1S/C13H19ClN2O2S/c1-2-13(6-3-4-7-13)10-16-19(17,18)11-5-8-15-12(14)9-11/h5,8-9,16H,2-4,6-7,10H2,1H3. The number of sulfonamides is 1. The number of nitrogens with zero attached hydrogens (tertiary/aromatic N) is 1. The summed E-state index contributed by atoms with van der Waals surface area (Å²) < 4.78 is 27.1. The summed E-state index contributed by atoms with van der Waals surface area (Å²) in [4.78, 5) is 3.97. The summed E-state index contributed by atoms with van der Waals surface area (Å²) >= 11 is 5.73. The van der Waals surface area contributed by atoms with Gasteiger partial charge in [-0.3, -0.25) is 0 Å². The topological polar surface area (TPSA) is 59.1 Å². The van der Waals surface area contributed by atoms with Gasteiger partial charge in [-0.25, -0.2) is 18.1 Å². The van der Waals surface area contributed by atoms with Gasteiger partial charge in [0.15, 0.2) is 0 Å². The molecule has 106 valence electrons. The first kappa shape index (κ1) is 14.8. The number of hydrogen-bond donors (Lipinski definition) is 1. The maximum absolute atomic E-state index is 12.2. The second-order valence-electron chi connectivity index (χ2n) is 5.20. The molecule has 1 aromatic heterocycles. The fourth-order valence-corrected chi connectivity index (χ4v) is 4.07.